The van der Waals surface area contributed by atoms with Gasteiger partial charge in [-0.25, -0.2) is 15.0 Å². The molecule has 3 aromatic rings. The van der Waals surface area contributed by atoms with Crippen LogP contribution >= 0.6 is 22.9 Å². The number of halogens is 1. The van der Waals surface area contributed by atoms with Gasteiger partial charge in [-0.15, -0.1) is 11.3 Å². The first-order valence-corrected chi connectivity index (χ1v) is 11.3. The Bertz CT molecular complexity index is 1070. The number of thiophene rings is 1. The van der Waals surface area contributed by atoms with Crippen LogP contribution in [0.25, 0.3) is 21.9 Å². The van der Waals surface area contributed by atoms with Gasteiger partial charge in [-0.05, 0) is 23.8 Å². The molecule has 4 rings (SSSR count). The molecule has 7 nitrogen and oxygen atoms in total. The van der Waals surface area contributed by atoms with Crippen molar-refractivity contribution in [1.82, 2.24) is 19.5 Å². The number of imidazole rings is 1. The number of nitrogens with zero attached hydrogens (tertiary/aromatic N) is 4. The molecule has 3 aromatic heterocycles. The highest BCUT2D eigenvalue weighted by molar-refractivity contribution is 7.13. The lowest BCUT2D eigenvalue weighted by atomic mass is 10.2. The Morgan fingerprint density at radius 3 is 2.83 bits per heavy atom. The zero-order chi connectivity index (χ0) is 21.1. The molecular weight excluding hydrogens is 424 g/mol. The van der Waals surface area contributed by atoms with Gasteiger partial charge in [0.15, 0.2) is 22.9 Å². The van der Waals surface area contributed by atoms with Crippen LogP contribution < -0.4 is 0 Å². The fraction of sp³-hybridized carbons (Fsp3) is 0.476. The molecule has 1 aliphatic heterocycles. The van der Waals surface area contributed by atoms with Crippen LogP contribution in [0.5, 0.6) is 0 Å². The van der Waals surface area contributed by atoms with Crippen molar-refractivity contribution in [2.45, 2.75) is 57.5 Å². The molecule has 9 heteroatoms. The quantitative estimate of drug-likeness (QED) is 0.340. The summed E-state index contributed by atoms with van der Waals surface area (Å²) < 4.78 is 7.36. The van der Waals surface area contributed by atoms with E-state index in [1.165, 1.54) is 24.2 Å². The molecule has 0 bridgehead atoms. The molecule has 1 fully saturated rings. The SMILES string of the molecule is CCCCCCC#Cc1nc(Cl)c2nc(-c3cccs3)n([C@@H]3OC[C@@H](O)[C@H]3O)c2n1. The Balaban J connectivity index is 1.75. The van der Waals surface area contributed by atoms with Crippen molar-refractivity contribution in [3.63, 3.8) is 0 Å². The van der Waals surface area contributed by atoms with Crippen molar-refractivity contribution >= 4 is 34.1 Å². The van der Waals surface area contributed by atoms with Crippen molar-refractivity contribution in [1.29, 1.82) is 0 Å². The summed E-state index contributed by atoms with van der Waals surface area (Å²) in [6.07, 6.45) is 2.43. The van der Waals surface area contributed by atoms with E-state index < -0.39 is 18.4 Å². The lowest BCUT2D eigenvalue weighted by Gasteiger charge is -2.19. The molecule has 0 aromatic carbocycles. The smallest absolute Gasteiger partial charge is 0.208 e. The highest BCUT2D eigenvalue weighted by Crippen LogP contribution is 2.36. The minimum Gasteiger partial charge on any atom is -0.388 e. The average molecular weight is 447 g/mol. The second kappa shape index (κ2) is 9.41. The Morgan fingerprint density at radius 2 is 2.13 bits per heavy atom. The van der Waals surface area contributed by atoms with Gasteiger partial charge in [-0.2, -0.15) is 0 Å². The summed E-state index contributed by atoms with van der Waals surface area (Å²) in [7, 11) is 0. The predicted molar refractivity (Wildman–Crippen MR) is 116 cm³/mol. The molecule has 1 saturated heterocycles. The molecule has 0 unspecified atom stereocenters. The summed E-state index contributed by atoms with van der Waals surface area (Å²) in [6.45, 7) is 2.20. The van der Waals surface area contributed by atoms with E-state index >= 15 is 0 Å². The summed E-state index contributed by atoms with van der Waals surface area (Å²) in [5.41, 5.74) is 0.831. The molecule has 1 aliphatic rings. The van der Waals surface area contributed by atoms with E-state index in [0.717, 1.165) is 24.1 Å². The molecule has 158 valence electrons. The second-order valence-corrected chi connectivity index (χ2v) is 8.49. The molecule has 0 saturated carbocycles. The van der Waals surface area contributed by atoms with Gasteiger partial charge in [0.2, 0.25) is 5.82 Å². The summed E-state index contributed by atoms with van der Waals surface area (Å²) in [4.78, 5) is 14.3. The first kappa shape index (κ1) is 21.2. The van der Waals surface area contributed by atoms with E-state index in [-0.39, 0.29) is 11.8 Å². The van der Waals surface area contributed by atoms with Gasteiger partial charge in [0.05, 0.1) is 11.5 Å². The first-order valence-electron chi connectivity index (χ1n) is 10.1. The highest BCUT2D eigenvalue weighted by Gasteiger charge is 2.39. The number of hydrogen-bond donors (Lipinski definition) is 2. The van der Waals surface area contributed by atoms with Crippen molar-refractivity contribution in [2.75, 3.05) is 6.61 Å². The summed E-state index contributed by atoms with van der Waals surface area (Å²) in [6, 6.07) is 3.83. The average Bonchev–Trinajstić information content (AvgIpc) is 3.45. The number of ether oxygens (including phenoxy) is 1. The van der Waals surface area contributed by atoms with Crippen LogP contribution in [0.2, 0.25) is 5.15 Å². The summed E-state index contributed by atoms with van der Waals surface area (Å²) >= 11 is 7.92. The zero-order valence-corrected chi connectivity index (χ0v) is 18.2. The van der Waals surface area contributed by atoms with E-state index in [9.17, 15) is 10.2 Å². The minimum atomic E-state index is -1.11. The number of aliphatic hydroxyl groups is 2. The van der Waals surface area contributed by atoms with Crippen LogP contribution in [0, 0.1) is 11.8 Å². The van der Waals surface area contributed by atoms with E-state index in [1.807, 2.05) is 17.5 Å². The molecule has 4 heterocycles. The molecular formula is C21H23ClN4O3S. The van der Waals surface area contributed by atoms with Gasteiger partial charge in [-0.3, -0.25) is 4.57 Å². The Labute approximate surface area is 183 Å². The second-order valence-electron chi connectivity index (χ2n) is 7.19. The summed E-state index contributed by atoms with van der Waals surface area (Å²) in [5.74, 6) is 6.95. The van der Waals surface area contributed by atoms with Gasteiger partial charge in [-0.1, -0.05) is 49.8 Å². The van der Waals surface area contributed by atoms with Crippen LogP contribution in [0.4, 0.5) is 0 Å². The van der Waals surface area contributed by atoms with Gasteiger partial charge < -0.3 is 14.9 Å². The van der Waals surface area contributed by atoms with Gasteiger partial charge >= 0.3 is 0 Å². The third kappa shape index (κ3) is 4.22. The number of hydrogen-bond acceptors (Lipinski definition) is 7. The number of unbranched alkanes of at least 4 members (excludes halogenated alkanes) is 4. The topological polar surface area (TPSA) is 93.3 Å². The van der Waals surface area contributed by atoms with Gasteiger partial charge in [0.1, 0.15) is 17.7 Å². The molecule has 0 amide bonds. The molecule has 3 atom stereocenters. The number of rotatable bonds is 6. The van der Waals surface area contributed by atoms with Crippen LogP contribution in [0.1, 0.15) is 51.1 Å². The summed E-state index contributed by atoms with van der Waals surface area (Å²) in [5, 5.41) is 22.6. The molecule has 0 spiro atoms. The predicted octanol–water partition coefficient (Wildman–Crippen LogP) is 3.78. The van der Waals surface area contributed by atoms with E-state index in [1.54, 1.807) is 4.57 Å². The maximum Gasteiger partial charge on any atom is 0.208 e. The standard InChI is InChI=1S/C21H23ClN4O3S/c1-2-3-4-5-6-7-10-15-23-18(22)16-20(24-15)26(21-17(28)13(27)12-29-21)19(25-16)14-9-8-11-30-14/h8-9,11,13,17,21,27-28H,2-6,12H2,1H3/t13-,17-,21-/m1/s1. The fourth-order valence-electron chi connectivity index (χ4n) is 3.41. The number of aromatic nitrogens is 4. The maximum atomic E-state index is 10.5. The number of fused-ring (bicyclic) bond motifs is 1. The molecule has 0 aliphatic carbocycles. The van der Waals surface area contributed by atoms with E-state index in [4.69, 9.17) is 16.3 Å². The maximum absolute atomic E-state index is 10.5. The monoisotopic (exact) mass is 446 g/mol. The van der Waals surface area contributed by atoms with Crippen molar-refractivity contribution < 1.29 is 14.9 Å². The Hall–Kier alpha value is -2.02. The van der Waals surface area contributed by atoms with Crippen LogP contribution in [-0.4, -0.2) is 48.5 Å². The lowest BCUT2D eigenvalue weighted by molar-refractivity contribution is -0.0152. The fourth-order valence-corrected chi connectivity index (χ4v) is 4.33. The van der Waals surface area contributed by atoms with Crippen LogP contribution in [-0.2, 0) is 4.74 Å². The normalized spacial score (nSPS) is 21.1. The van der Waals surface area contributed by atoms with Crippen molar-refractivity contribution in [3.05, 3.63) is 28.5 Å². The third-order valence-electron chi connectivity index (χ3n) is 4.97. The Kier molecular flexibility index (Phi) is 6.66. The van der Waals surface area contributed by atoms with E-state index in [0.29, 0.717) is 22.8 Å². The highest BCUT2D eigenvalue weighted by atomic mass is 35.5. The van der Waals surface area contributed by atoms with E-state index in [2.05, 4.69) is 33.7 Å². The molecule has 2 N–H and O–H groups in total. The van der Waals surface area contributed by atoms with Crippen molar-refractivity contribution in [2.24, 2.45) is 0 Å². The van der Waals surface area contributed by atoms with Gasteiger partial charge in [0.25, 0.3) is 0 Å². The molecule has 30 heavy (non-hydrogen) atoms. The largest absolute Gasteiger partial charge is 0.388 e. The van der Waals surface area contributed by atoms with Gasteiger partial charge in [0, 0.05) is 6.42 Å². The van der Waals surface area contributed by atoms with Crippen LogP contribution in [0.15, 0.2) is 17.5 Å². The molecule has 0 radical (unpaired) electrons. The third-order valence-corrected chi connectivity index (χ3v) is 6.10. The van der Waals surface area contributed by atoms with Crippen molar-refractivity contribution in [3.8, 4) is 22.5 Å². The minimum absolute atomic E-state index is 0.0264. The number of aliphatic hydroxyl groups excluding tert-OH is 2. The Morgan fingerprint density at radius 1 is 1.27 bits per heavy atom. The lowest BCUT2D eigenvalue weighted by Crippen LogP contribution is -2.28. The first-order chi connectivity index (χ1) is 14.6. The van der Waals surface area contributed by atoms with Crippen LogP contribution in [0.3, 0.4) is 0 Å². The zero-order valence-electron chi connectivity index (χ0n) is 16.6.